The number of halogens is 2. The summed E-state index contributed by atoms with van der Waals surface area (Å²) in [6.45, 7) is 0. The third kappa shape index (κ3) is 2.97. The van der Waals surface area contributed by atoms with Crippen molar-refractivity contribution in [3.05, 3.63) is 34.0 Å². The lowest BCUT2D eigenvalue weighted by molar-refractivity contribution is 0.600. The number of rotatable bonds is 4. The first-order chi connectivity index (χ1) is 9.87. The molecule has 0 spiro atoms. The molecule has 2 aromatic rings. The van der Waals surface area contributed by atoms with Crippen molar-refractivity contribution >= 4 is 43.8 Å². The largest absolute Gasteiger partial charge is 0.396 e. The zero-order valence-electron chi connectivity index (χ0n) is 10.6. The molecule has 112 valence electrons. The fourth-order valence-corrected chi connectivity index (χ4v) is 4.42. The summed E-state index contributed by atoms with van der Waals surface area (Å²) in [5.41, 5.74) is 6.00. The quantitative estimate of drug-likeness (QED) is 0.832. The monoisotopic (exact) mass is 347 g/mol. The van der Waals surface area contributed by atoms with Crippen molar-refractivity contribution in [1.82, 2.24) is 4.98 Å². The molecule has 3 rings (SSSR count). The molecule has 0 amide bonds. The van der Waals surface area contributed by atoms with Crippen molar-refractivity contribution in [3.8, 4) is 0 Å². The lowest BCUT2D eigenvalue weighted by Crippen LogP contribution is -2.14. The minimum absolute atomic E-state index is 0.229. The number of nitrogens with two attached hydrogens (primary N) is 1. The van der Waals surface area contributed by atoms with Crippen molar-refractivity contribution in [2.75, 3.05) is 10.5 Å². The maximum atomic E-state index is 13.2. The van der Waals surface area contributed by atoms with Gasteiger partial charge in [0.2, 0.25) is 0 Å². The second kappa shape index (κ2) is 5.11. The van der Waals surface area contributed by atoms with Crippen LogP contribution in [0.5, 0.6) is 0 Å². The van der Waals surface area contributed by atoms with E-state index in [2.05, 4.69) is 9.71 Å². The Bertz CT molecular complexity index is 803. The van der Waals surface area contributed by atoms with E-state index >= 15 is 0 Å². The number of nitrogen functional groups attached to an aromatic ring is 1. The molecule has 1 aromatic carbocycles. The van der Waals surface area contributed by atoms with Crippen LogP contribution in [0.2, 0.25) is 5.02 Å². The number of nitrogens with one attached hydrogen (secondary N) is 1. The van der Waals surface area contributed by atoms with Crippen LogP contribution in [0.4, 0.5) is 15.2 Å². The lowest BCUT2D eigenvalue weighted by Gasteiger charge is -2.08. The molecule has 1 heterocycles. The van der Waals surface area contributed by atoms with Gasteiger partial charge in [-0.25, -0.2) is 17.8 Å². The van der Waals surface area contributed by atoms with Crippen molar-refractivity contribution in [2.45, 2.75) is 23.7 Å². The van der Waals surface area contributed by atoms with E-state index in [4.69, 9.17) is 17.3 Å². The van der Waals surface area contributed by atoms with Crippen LogP contribution in [0.25, 0.3) is 0 Å². The molecule has 3 N–H and O–H groups in total. The Morgan fingerprint density at radius 1 is 1.43 bits per heavy atom. The van der Waals surface area contributed by atoms with Gasteiger partial charge in [-0.3, -0.25) is 4.72 Å². The number of anilines is 2. The fraction of sp³-hybridized carbons (Fsp3) is 0.250. The second-order valence-corrected chi connectivity index (χ2v) is 7.68. The molecule has 0 radical (unpaired) electrons. The van der Waals surface area contributed by atoms with Crippen LogP contribution in [-0.2, 0) is 10.0 Å². The summed E-state index contributed by atoms with van der Waals surface area (Å²) in [6.07, 6.45) is 2.16. The average Bonchev–Trinajstić information content (AvgIpc) is 3.15. The molecule has 5 nitrogen and oxygen atoms in total. The molecule has 0 saturated heterocycles. The topological polar surface area (TPSA) is 85.1 Å². The first kappa shape index (κ1) is 14.6. The maximum absolute atomic E-state index is 13.2. The molecular weight excluding hydrogens is 337 g/mol. The Hall–Kier alpha value is -1.38. The van der Waals surface area contributed by atoms with Crippen LogP contribution in [0, 0.1) is 5.82 Å². The number of hydrogen-bond donors (Lipinski definition) is 2. The van der Waals surface area contributed by atoms with E-state index in [0.717, 1.165) is 30.7 Å². The third-order valence-corrected chi connectivity index (χ3v) is 5.79. The highest BCUT2D eigenvalue weighted by atomic mass is 35.5. The van der Waals surface area contributed by atoms with Crippen LogP contribution in [0.15, 0.2) is 22.4 Å². The minimum atomic E-state index is -3.96. The van der Waals surface area contributed by atoms with Crippen LogP contribution >= 0.6 is 22.9 Å². The summed E-state index contributed by atoms with van der Waals surface area (Å²) in [5.74, 6) is -0.325. The highest BCUT2D eigenvalue weighted by Gasteiger charge is 2.27. The van der Waals surface area contributed by atoms with Gasteiger partial charge >= 0.3 is 0 Å². The van der Waals surface area contributed by atoms with Gasteiger partial charge in [0.05, 0.1) is 16.4 Å². The van der Waals surface area contributed by atoms with Crippen molar-refractivity contribution in [2.24, 2.45) is 0 Å². The SMILES string of the molecule is Nc1cc(S(=O)(=O)Nc2nc(C3CC3)cs2)c(Cl)cc1F. The maximum Gasteiger partial charge on any atom is 0.265 e. The van der Waals surface area contributed by atoms with E-state index in [1.54, 1.807) is 0 Å². The summed E-state index contributed by atoms with van der Waals surface area (Å²) in [6, 6.07) is 1.87. The number of hydrogen-bond acceptors (Lipinski definition) is 5. The summed E-state index contributed by atoms with van der Waals surface area (Å²) < 4.78 is 40.1. The first-order valence-electron chi connectivity index (χ1n) is 6.09. The molecule has 1 aliphatic carbocycles. The van der Waals surface area contributed by atoms with E-state index < -0.39 is 15.8 Å². The zero-order chi connectivity index (χ0) is 15.2. The Labute approximate surface area is 130 Å². The Balaban J connectivity index is 1.90. The van der Waals surface area contributed by atoms with Crippen molar-refractivity contribution < 1.29 is 12.8 Å². The van der Waals surface area contributed by atoms with Gasteiger partial charge in [-0.15, -0.1) is 11.3 Å². The van der Waals surface area contributed by atoms with Crippen molar-refractivity contribution in [3.63, 3.8) is 0 Å². The first-order valence-corrected chi connectivity index (χ1v) is 8.83. The predicted molar refractivity (Wildman–Crippen MR) is 80.7 cm³/mol. The Morgan fingerprint density at radius 3 is 2.81 bits per heavy atom. The molecular formula is C12H11ClFN3O2S2. The van der Waals surface area contributed by atoms with E-state index in [9.17, 15) is 12.8 Å². The van der Waals surface area contributed by atoms with Crippen molar-refractivity contribution in [1.29, 1.82) is 0 Å². The second-order valence-electron chi connectivity index (χ2n) is 4.76. The molecule has 0 atom stereocenters. The van der Waals surface area contributed by atoms with Crippen LogP contribution < -0.4 is 10.5 Å². The normalized spacial score (nSPS) is 15.1. The Morgan fingerprint density at radius 2 is 2.14 bits per heavy atom. The molecule has 0 aliphatic heterocycles. The van der Waals surface area contributed by atoms with E-state index in [1.165, 1.54) is 11.3 Å². The molecule has 1 saturated carbocycles. The number of nitrogens with zero attached hydrogens (tertiary/aromatic N) is 1. The Kier molecular flexibility index (Phi) is 3.54. The molecule has 1 aromatic heterocycles. The summed E-state index contributed by atoms with van der Waals surface area (Å²) in [5, 5.41) is 1.86. The fourth-order valence-electron chi connectivity index (χ4n) is 1.82. The smallest absolute Gasteiger partial charge is 0.265 e. The molecule has 0 unspecified atom stereocenters. The van der Waals surface area contributed by atoms with E-state index in [1.807, 2.05) is 5.38 Å². The van der Waals surface area contributed by atoms with Crippen LogP contribution in [-0.4, -0.2) is 13.4 Å². The predicted octanol–water partition coefficient (Wildman–Crippen LogP) is 3.20. The number of benzene rings is 1. The molecule has 0 bridgehead atoms. The summed E-state index contributed by atoms with van der Waals surface area (Å²) in [4.78, 5) is 3.96. The van der Waals surface area contributed by atoms with Gasteiger partial charge in [0.1, 0.15) is 10.7 Å². The lowest BCUT2D eigenvalue weighted by atomic mass is 10.3. The minimum Gasteiger partial charge on any atom is -0.396 e. The molecule has 1 aliphatic rings. The number of aromatic nitrogens is 1. The zero-order valence-corrected chi connectivity index (χ0v) is 13.0. The molecule has 1 fully saturated rings. The van der Waals surface area contributed by atoms with Gasteiger partial charge in [0.25, 0.3) is 10.0 Å². The van der Waals surface area contributed by atoms with Crippen LogP contribution in [0.1, 0.15) is 24.5 Å². The number of sulfonamides is 1. The summed E-state index contributed by atoms with van der Waals surface area (Å²) in [7, 11) is -3.96. The number of thiazole rings is 1. The third-order valence-electron chi connectivity index (χ3n) is 3.08. The molecule has 9 heteroatoms. The highest BCUT2D eigenvalue weighted by molar-refractivity contribution is 7.93. The highest BCUT2D eigenvalue weighted by Crippen LogP contribution is 2.41. The van der Waals surface area contributed by atoms with E-state index in [0.29, 0.717) is 5.92 Å². The average molecular weight is 348 g/mol. The van der Waals surface area contributed by atoms with Gasteiger partial charge in [0.15, 0.2) is 5.13 Å². The van der Waals surface area contributed by atoms with Gasteiger partial charge in [-0.1, -0.05) is 11.6 Å². The van der Waals surface area contributed by atoms with Gasteiger partial charge in [0, 0.05) is 11.3 Å². The standard InChI is InChI=1S/C12H11ClFN3O2S2/c13-7-3-8(14)9(15)4-11(7)21(18,19)17-12-16-10(5-20-12)6-1-2-6/h3-6H,1-2,15H2,(H,16,17). The van der Waals surface area contributed by atoms with Gasteiger partial charge in [-0.2, -0.15) is 0 Å². The van der Waals surface area contributed by atoms with Crippen LogP contribution in [0.3, 0.4) is 0 Å². The van der Waals surface area contributed by atoms with Gasteiger partial charge < -0.3 is 5.73 Å². The van der Waals surface area contributed by atoms with Gasteiger partial charge in [-0.05, 0) is 25.0 Å². The molecule has 21 heavy (non-hydrogen) atoms. The summed E-state index contributed by atoms with van der Waals surface area (Å²) >= 11 is 6.99. The van der Waals surface area contributed by atoms with E-state index in [-0.39, 0.29) is 20.7 Å².